The smallest absolute Gasteiger partial charge is 0.232 e. The fourth-order valence-corrected chi connectivity index (χ4v) is 5.07. The first-order valence-electron chi connectivity index (χ1n) is 12.0. The molecule has 1 aromatic heterocycles. The number of amides is 2. The van der Waals surface area contributed by atoms with Gasteiger partial charge >= 0.3 is 0 Å². The Morgan fingerprint density at radius 3 is 2.47 bits per heavy atom. The molecule has 194 valence electrons. The van der Waals surface area contributed by atoms with Crippen LogP contribution in [0.1, 0.15) is 18.4 Å². The van der Waals surface area contributed by atoms with Crippen molar-refractivity contribution in [2.24, 2.45) is 5.92 Å². The van der Waals surface area contributed by atoms with Gasteiger partial charge < -0.3 is 24.2 Å². The molecule has 1 aromatic carbocycles. The first-order chi connectivity index (χ1) is 17.4. The van der Waals surface area contributed by atoms with E-state index in [0.29, 0.717) is 61.0 Å². The van der Waals surface area contributed by atoms with E-state index in [0.717, 1.165) is 24.2 Å². The van der Waals surface area contributed by atoms with E-state index in [1.54, 1.807) is 32.2 Å². The summed E-state index contributed by atoms with van der Waals surface area (Å²) < 4.78 is 10.6. The van der Waals surface area contributed by atoms with Gasteiger partial charge in [-0.15, -0.1) is 0 Å². The molecule has 0 N–H and O–H groups in total. The normalized spacial score (nSPS) is 15.6. The standard InChI is InChI=1S/C25H32ClN5O4S/c1-29(9-8-17-4-7-19(34-2)20(14-17)35-3)23(32)16-36-25-27-21(26)15-22(28-25)30-10-12-31(13-11-30)24(33)18-5-6-18/h4,7,14-15,18H,5-6,8-13,16H2,1-3H3. The van der Waals surface area contributed by atoms with Crippen LogP contribution in [0.4, 0.5) is 5.82 Å². The van der Waals surface area contributed by atoms with E-state index in [1.165, 1.54) is 11.8 Å². The van der Waals surface area contributed by atoms with Crippen molar-refractivity contribution < 1.29 is 19.1 Å². The summed E-state index contributed by atoms with van der Waals surface area (Å²) in [5.74, 6) is 2.79. The highest BCUT2D eigenvalue weighted by molar-refractivity contribution is 7.99. The number of ether oxygens (including phenoxy) is 2. The Bertz CT molecular complexity index is 1090. The van der Waals surface area contributed by atoms with E-state index in [2.05, 4.69) is 14.9 Å². The van der Waals surface area contributed by atoms with Crippen molar-refractivity contribution in [3.8, 4) is 11.5 Å². The van der Waals surface area contributed by atoms with Gasteiger partial charge in [0, 0.05) is 51.8 Å². The van der Waals surface area contributed by atoms with Crippen LogP contribution in [0.3, 0.4) is 0 Å². The topological polar surface area (TPSA) is 88.1 Å². The van der Waals surface area contributed by atoms with E-state index >= 15 is 0 Å². The lowest BCUT2D eigenvalue weighted by molar-refractivity contribution is -0.132. The molecule has 1 saturated carbocycles. The SMILES string of the molecule is COc1ccc(CCN(C)C(=O)CSc2nc(Cl)cc(N3CCN(C(=O)C4CC4)CC3)n2)cc1OC. The van der Waals surface area contributed by atoms with Crippen LogP contribution >= 0.6 is 23.4 Å². The summed E-state index contributed by atoms with van der Waals surface area (Å²) in [6, 6.07) is 7.50. The van der Waals surface area contributed by atoms with Crippen molar-refractivity contribution in [2.75, 3.05) is 64.6 Å². The van der Waals surface area contributed by atoms with Crippen molar-refractivity contribution in [2.45, 2.75) is 24.4 Å². The maximum Gasteiger partial charge on any atom is 0.232 e. The number of hydrogen-bond donors (Lipinski definition) is 0. The number of benzene rings is 1. The highest BCUT2D eigenvalue weighted by atomic mass is 35.5. The molecular formula is C25H32ClN5O4S. The number of methoxy groups -OCH3 is 2. The van der Waals surface area contributed by atoms with Gasteiger partial charge in [0.15, 0.2) is 16.7 Å². The largest absolute Gasteiger partial charge is 0.493 e. The molecule has 2 heterocycles. The lowest BCUT2D eigenvalue weighted by atomic mass is 10.1. The molecule has 1 aliphatic heterocycles. The quantitative estimate of drug-likeness (QED) is 0.262. The van der Waals surface area contributed by atoms with Gasteiger partial charge in [-0.25, -0.2) is 9.97 Å². The Hall–Kier alpha value is -2.72. The van der Waals surface area contributed by atoms with E-state index in [4.69, 9.17) is 21.1 Å². The third kappa shape index (κ3) is 6.73. The number of likely N-dealkylation sites (N-methyl/N-ethyl adjacent to an activating group) is 1. The molecule has 1 aliphatic carbocycles. The van der Waals surface area contributed by atoms with Crippen LogP contribution < -0.4 is 14.4 Å². The van der Waals surface area contributed by atoms with Crippen LogP contribution in [0.5, 0.6) is 11.5 Å². The van der Waals surface area contributed by atoms with Crippen LogP contribution in [0, 0.1) is 5.92 Å². The van der Waals surface area contributed by atoms with Crippen molar-refractivity contribution in [3.05, 3.63) is 35.0 Å². The van der Waals surface area contributed by atoms with Crippen molar-refractivity contribution >= 4 is 41.0 Å². The van der Waals surface area contributed by atoms with E-state index in [9.17, 15) is 9.59 Å². The highest BCUT2D eigenvalue weighted by Crippen LogP contribution is 2.32. The Kier molecular flexibility index (Phi) is 8.79. The zero-order chi connectivity index (χ0) is 25.7. The number of rotatable bonds is 10. The highest BCUT2D eigenvalue weighted by Gasteiger charge is 2.34. The summed E-state index contributed by atoms with van der Waals surface area (Å²) >= 11 is 7.54. The summed E-state index contributed by atoms with van der Waals surface area (Å²) in [6.45, 7) is 3.34. The molecule has 0 radical (unpaired) electrons. The third-order valence-corrected chi connectivity index (χ3v) is 7.46. The summed E-state index contributed by atoms with van der Waals surface area (Å²) in [7, 11) is 5.00. The van der Waals surface area contributed by atoms with Gasteiger partial charge in [0.2, 0.25) is 11.8 Å². The molecule has 0 atom stereocenters. The molecule has 1 saturated heterocycles. The first kappa shape index (κ1) is 26.3. The minimum atomic E-state index is -0.0159. The molecule has 2 aliphatic rings. The number of hydrogen-bond acceptors (Lipinski definition) is 8. The van der Waals surface area contributed by atoms with Crippen molar-refractivity contribution in [1.29, 1.82) is 0 Å². The fraction of sp³-hybridized carbons (Fsp3) is 0.520. The average Bonchev–Trinajstić information content (AvgIpc) is 3.75. The Morgan fingerprint density at radius 1 is 1.08 bits per heavy atom. The minimum Gasteiger partial charge on any atom is -0.493 e. The van der Waals surface area contributed by atoms with Crippen LogP contribution in [-0.2, 0) is 16.0 Å². The number of thioether (sulfide) groups is 1. The summed E-state index contributed by atoms with van der Waals surface area (Å²) in [5, 5.41) is 0.809. The summed E-state index contributed by atoms with van der Waals surface area (Å²) in [6.07, 6.45) is 2.73. The zero-order valence-corrected chi connectivity index (χ0v) is 22.5. The minimum absolute atomic E-state index is 0.0159. The van der Waals surface area contributed by atoms with Gasteiger partial charge in [0.1, 0.15) is 11.0 Å². The van der Waals surface area contributed by atoms with Crippen LogP contribution in [0.2, 0.25) is 5.15 Å². The lowest BCUT2D eigenvalue weighted by Crippen LogP contribution is -2.49. The number of piperazine rings is 1. The Labute approximate surface area is 221 Å². The monoisotopic (exact) mass is 533 g/mol. The molecule has 0 spiro atoms. The molecule has 4 rings (SSSR count). The molecule has 2 fully saturated rings. The molecule has 2 amide bonds. The first-order valence-corrected chi connectivity index (χ1v) is 13.4. The van der Waals surface area contributed by atoms with Crippen LogP contribution in [0.15, 0.2) is 29.4 Å². The fourth-order valence-electron chi connectivity index (χ4n) is 4.05. The maximum atomic E-state index is 12.7. The van der Waals surface area contributed by atoms with Gasteiger partial charge in [-0.05, 0) is 37.0 Å². The van der Waals surface area contributed by atoms with E-state index < -0.39 is 0 Å². The van der Waals surface area contributed by atoms with Crippen molar-refractivity contribution in [3.63, 3.8) is 0 Å². The second-order valence-corrected chi connectivity index (χ2v) is 10.3. The zero-order valence-electron chi connectivity index (χ0n) is 20.9. The van der Waals surface area contributed by atoms with Crippen LogP contribution in [0.25, 0.3) is 0 Å². The molecular weight excluding hydrogens is 502 g/mol. The van der Waals surface area contributed by atoms with Gasteiger partial charge in [0.05, 0.1) is 20.0 Å². The molecule has 11 heteroatoms. The van der Waals surface area contributed by atoms with Gasteiger partial charge in [0.25, 0.3) is 0 Å². The van der Waals surface area contributed by atoms with Gasteiger partial charge in [-0.2, -0.15) is 0 Å². The summed E-state index contributed by atoms with van der Waals surface area (Å²) in [5.41, 5.74) is 1.06. The maximum absolute atomic E-state index is 12.7. The second-order valence-electron chi connectivity index (χ2n) is 8.96. The number of halogens is 1. The van der Waals surface area contributed by atoms with E-state index in [-0.39, 0.29) is 23.5 Å². The number of aromatic nitrogens is 2. The molecule has 9 nitrogen and oxygen atoms in total. The van der Waals surface area contributed by atoms with E-state index in [1.807, 2.05) is 23.1 Å². The van der Waals surface area contributed by atoms with Gasteiger partial charge in [-0.1, -0.05) is 29.4 Å². The number of carbonyl (C=O) groups excluding carboxylic acids is 2. The third-order valence-electron chi connectivity index (χ3n) is 6.44. The second kappa shape index (κ2) is 12.0. The lowest BCUT2D eigenvalue weighted by Gasteiger charge is -2.35. The molecule has 2 aromatic rings. The molecule has 0 bridgehead atoms. The Balaban J connectivity index is 1.27. The number of carbonyl (C=O) groups is 2. The Morgan fingerprint density at radius 2 is 1.81 bits per heavy atom. The van der Waals surface area contributed by atoms with Gasteiger partial charge in [-0.3, -0.25) is 9.59 Å². The molecule has 0 unspecified atom stereocenters. The predicted molar refractivity (Wildman–Crippen MR) is 140 cm³/mol. The summed E-state index contributed by atoms with van der Waals surface area (Å²) in [4.78, 5) is 39.7. The van der Waals surface area contributed by atoms with Crippen molar-refractivity contribution in [1.82, 2.24) is 19.8 Å². The average molecular weight is 534 g/mol. The predicted octanol–water partition coefficient (Wildman–Crippen LogP) is 3.00. The number of anilines is 1. The number of nitrogens with zero attached hydrogens (tertiary/aromatic N) is 5. The van der Waals surface area contributed by atoms with Crippen LogP contribution in [-0.4, -0.2) is 91.3 Å². The molecule has 36 heavy (non-hydrogen) atoms.